The fraction of sp³-hybridized carbons (Fsp3) is 0.158. The van der Waals surface area contributed by atoms with Crippen LogP contribution < -0.4 is 5.32 Å². The zero-order valence-electron chi connectivity index (χ0n) is 13.3. The van der Waals surface area contributed by atoms with Gasteiger partial charge in [-0.3, -0.25) is 4.79 Å². The van der Waals surface area contributed by atoms with Crippen LogP contribution >= 0.6 is 0 Å². The third-order valence-electron chi connectivity index (χ3n) is 5.08. The standard InChI is InChI=1S/C19H15N3O3/c23-18-12-4-1-2-7-15(12)22-16-8-9-21(19(24)25)10-13(16)11-5-3-6-14(20-18)17(11)22/h1-7H,8-10H2,(H,20,23)(H,24,25). The minimum Gasteiger partial charge on any atom is -0.465 e. The monoisotopic (exact) mass is 333 g/mol. The van der Waals surface area contributed by atoms with Crippen molar-refractivity contribution in [2.24, 2.45) is 0 Å². The number of aromatic nitrogens is 1. The lowest BCUT2D eigenvalue weighted by atomic mass is 10.0. The van der Waals surface area contributed by atoms with E-state index in [1.807, 2.05) is 42.5 Å². The van der Waals surface area contributed by atoms with Crippen molar-refractivity contribution in [1.29, 1.82) is 0 Å². The van der Waals surface area contributed by atoms with Crippen LogP contribution in [-0.4, -0.2) is 33.1 Å². The molecule has 6 heteroatoms. The number of nitrogens with one attached hydrogen (secondary N) is 1. The van der Waals surface area contributed by atoms with E-state index in [-0.39, 0.29) is 5.91 Å². The van der Waals surface area contributed by atoms with E-state index in [1.54, 1.807) is 0 Å². The smallest absolute Gasteiger partial charge is 0.407 e. The molecule has 0 radical (unpaired) electrons. The maximum Gasteiger partial charge on any atom is 0.407 e. The first-order valence-electron chi connectivity index (χ1n) is 8.19. The average Bonchev–Trinajstić information content (AvgIpc) is 2.89. The highest BCUT2D eigenvalue weighted by Gasteiger charge is 2.30. The SMILES string of the molecule is O=C1Nc2cccc3c4c(n(c23)-c2ccccc21)CCN(C(=O)O)C4. The van der Waals surface area contributed by atoms with Gasteiger partial charge >= 0.3 is 6.09 Å². The number of amides is 2. The van der Waals surface area contributed by atoms with Crippen LogP contribution in [0.25, 0.3) is 16.6 Å². The second kappa shape index (κ2) is 4.86. The predicted molar refractivity (Wildman–Crippen MR) is 93.4 cm³/mol. The molecule has 25 heavy (non-hydrogen) atoms. The molecule has 0 fully saturated rings. The fourth-order valence-corrected chi connectivity index (χ4v) is 3.98. The highest BCUT2D eigenvalue weighted by atomic mass is 16.4. The molecular formula is C19H15N3O3. The summed E-state index contributed by atoms with van der Waals surface area (Å²) in [7, 11) is 0. The number of nitrogens with zero attached hydrogens (tertiary/aromatic N) is 2. The van der Waals surface area contributed by atoms with Gasteiger partial charge in [0, 0.05) is 29.6 Å². The quantitative estimate of drug-likeness (QED) is 0.663. The number of hydrogen-bond acceptors (Lipinski definition) is 2. The lowest BCUT2D eigenvalue weighted by Gasteiger charge is -2.26. The Morgan fingerprint density at radius 3 is 2.80 bits per heavy atom. The molecule has 6 nitrogen and oxygen atoms in total. The van der Waals surface area contributed by atoms with Crippen LogP contribution in [0.15, 0.2) is 42.5 Å². The minimum atomic E-state index is -0.900. The van der Waals surface area contributed by atoms with E-state index in [2.05, 4.69) is 9.88 Å². The molecule has 0 saturated carbocycles. The first-order valence-corrected chi connectivity index (χ1v) is 8.19. The topological polar surface area (TPSA) is 74.6 Å². The van der Waals surface area contributed by atoms with Crippen molar-refractivity contribution in [2.45, 2.75) is 13.0 Å². The van der Waals surface area contributed by atoms with E-state index < -0.39 is 6.09 Å². The normalized spacial score (nSPS) is 15.4. The van der Waals surface area contributed by atoms with Gasteiger partial charge in [-0.1, -0.05) is 24.3 Å². The highest BCUT2D eigenvalue weighted by molar-refractivity contribution is 6.13. The minimum absolute atomic E-state index is 0.122. The van der Waals surface area contributed by atoms with Gasteiger partial charge in [0.25, 0.3) is 5.91 Å². The van der Waals surface area contributed by atoms with Gasteiger partial charge in [0.1, 0.15) is 0 Å². The van der Waals surface area contributed by atoms with Gasteiger partial charge in [0.15, 0.2) is 0 Å². The largest absolute Gasteiger partial charge is 0.465 e. The summed E-state index contributed by atoms with van der Waals surface area (Å²) in [6.07, 6.45) is -0.276. The summed E-state index contributed by atoms with van der Waals surface area (Å²) >= 11 is 0. The van der Waals surface area contributed by atoms with E-state index in [9.17, 15) is 14.7 Å². The van der Waals surface area contributed by atoms with Crippen molar-refractivity contribution in [1.82, 2.24) is 9.47 Å². The van der Waals surface area contributed by atoms with Crippen LogP contribution in [0, 0.1) is 0 Å². The first-order chi connectivity index (χ1) is 12.1. The number of fused-ring (bicyclic) bond motifs is 5. The summed E-state index contributed by atoms with van der Waals surface area (Å²) in [6, 6.07) is 13.3. The van der Waals surface area contributed by atoms with Gasteiger partial charge in [0.05, 0.1) is 29.0 Å². The Morgan fingerprint density at radius 1 is 1.12 bits per heavy atom. The van der Waals surface area contributed by atoms with Crippen molar-refractivity contribution < 1.29 is 14.7 Å². The summed E-state index contributed by atoms with van der Waals surface area (Å²) < 4.78 is 2.13. The van der Waals surface area contributed by atoms with Crippen molar-refractivity contribution in [3.8, 4) is 5.69 Å². The summed E-state index contributed by atoms with van der Waals surface area (Å²) in [5, 5.41) is 13.4. The molecule has 0 saturated heterocycles. The molecular weight excluding hydrogens is 318 g/mol. The molecule has 0 aliphatic carbocycles. The summed E-state index contributed by atoms with van der Waals surface area (Å²) in [4.78, 5) is 25.5. The molecule has 3 heterocycles. The first kappa shape index (κ1) is 14.1. The van der Waals surface area contributed by atoms with E-state index in [0.29, 0.717) is 25.1 Å². The number of rotatable bonds is 0. The summed E-state index contributed by atoms with van der Waals surface area (Å²) in [6.45, 7) is 0.825. The zero-order valence-corrected chi connectivity index (χ0v) is 13.3. The second-order valence-electron chi connectivity index (χ2n) is 6.39. The molecule has 124 valence electrons. The third-order valence-corrected chi connectivity index (χ3v) is 5.08. The average molecular weight is 333 g/mol. The van der Waals surface area contributed by atoms with Crippen molar-refractivity contribution in [3.63, 3.8) is 0 Å². The second-order valence-corrected chi connectivity index (χ2v) is 6.39. The number of para-hydroxylation sites is 2. The van der Waals surface area contributed by atoms with Gasteiger partial charge in [-0.25, -0.2) is 4.79 Å². The molecule has 2 aliphatic rings. The molecule has 2 aliphatic heterocycles. The Bertz CT molecular complexity index is 1070. The summed E-state index contributed by atoms with van der Waals surface area (Å²) in [5.41, 5.74) is 5.28. The van der Waals surface area contributed by atoms with Crippen molar-refractivity contribution >= 4 is 28.6 Å². The highest BCUT2D eigenvalue weighted by Crippen LogP contribution is 2.39. The van der Waals surface area contributed by atoms with E-state index >= 15 is 0 Å². The zero-order chi connectivity index (χ0) is 17.1. The molecule has 2 N–H and O–H groups in total. The summed E-state index contributed by atoms with van der Waals surface area (Å²) in [5.74, 6) is -0.122. The van der Waals surface area contributed by atoms with Gasteiger partial charge < -0.3 is 19.9 Å². The molecule has 2 aromatic carbocycles. The van der Waals surface area contributed by atoms with Crippen LogP contribution in [0.5, 0.6) is 0 Å². The number of benzene rings is 2. The number of carboxylic acid groups (broad SMARTS) is 1. The molecule has 1 aromatic heterocycles. The Morgan fingerprint density at radius 2 is 1.96 bits per heavy atom. The molecule has 0 spiro atoms. The van der Waals surface area contributed by atoms with Crippen molar-refractivity contribution in [2.75, 3.05) is 11.9 Å². The van der Waals surface area contributed by atoms with Crippen LogP contribution in [0.1, 0.15) is 21.6 Å². The molecule has 0 bridgehead atoms. The van der Waals surface area contributed by atoms with Gasteiger partial charge in [-0.15, -0.1) is 0 Å². The molecule has 0 unspecified atom stereocenters. The van der Waals surface area contributed by atoms with Crippen LogP contribution in [-0.2, 0) is 13.0 Å². The number of hydrogen-bond donors (Lipinski definition) is 2. The lowest BCUT2D eigenvalue weighted by Crippen LogP contribution is -2.35. The van der Waals surface area contributed by atoms with Crippen LogP contribution in [0.4, 0.5) is 10.5 Å². The van der Waals surface area contributed by atoms with Gasteiger partial charge in [-0.05, 0) is 18.2 Å². The van der Waals surface area contributed by atoms with E-state index in [0.717, 1.165) is 33.5 Å². The van der Waals surface area contributed by atoms with E-state index in [4.69, 9.17) is 0 Å². The van der Waals surface area contributed by atoms with Crippen molar-refractivity contribution in [3.05, 3.63) is 59.3 Å². The maximum atomic E-state index is 12.6. The molecule has 0 atom stereocenters. The van der Waals surface area contributed by atoms with E-state index in [1.165, 1.54) is 4.90 Å². The molecule has 2 amide bonds. The Labute approximate surface area is 143 Å². The molecule has 5 rings (SSSR count). The number of carbonyl (C=O) groups is 2. The van der Waals surface area contributed by atoms with Crippen LogP contribution in [0.2, 0.25) is 0 Å². The van der Waals surface area contributed by atoms with Crippen LogP contribution in [0.3, 0.4) is 0 Å². The lowest BCUT2D eigenvalue weighted by molar-refractivity contribution is 0.102. The Hall–Kier alpha value is -3.28. The van der Waals surface area contributed by atoms with Gasteiger partial charge in [0.2, 0.25) is 0 Å². The number of anilines is 1. The number of carbonyl (C=O) groups excluding carboxylic acids is 1. The third kappa shape index (κ3) is 1.85. The predicted octanol–water partition coefficient (Wildman–Crippen LogP) is 3.23. The van der Waals surface area contributed by atoms with Gasteiger partial charge in [-0.2, -0.15) is 0 Å². The fourth-order valence-electron chi connectivity index (χ4n) is 3.98. The molecule has 3 aromatic rings. The maximum absolute atomic E-state index is 12.6. The Balaban J connectivity index is 1.88. The Kier molecular flexibility index (Phi) is 2.74.